The summed E-state index contributed by atoms with van der Waals surface area (Å²) in [6.45, 7) is 4.89. The molecule has 12 nitrogen and oxygen atoms in total. The van der Waals surface area contributed by atoms with E-state index in [-0.39, 0.29) is 37.3 Å². The summed E-state index contributed by atoms with van der Waals surface area (Å²) in [6, 6.07) is 17.9. The largest absolute Gasteiger partial charge is 0.466 e. The Morgan fingerprint density at radius 1 is 1.00 bits per heavy atom. The molecule has 2 aromatic carbocycles. The van der Waals surface area contributed by atoms with E-state index < -0.39 is 6.09 Å². The number of nitrogens with zero attached hydrogens (tertiary/aromatic N) is 5. The van der Waals surface area contributed by atoms with E-state index in [0.717, 1.165) is 31.2 Å². The van der Waals surface area contributed by atoms with Gasteiger partial charge in [-0.1, -0.05) is 44.4 Å². The number of carbonyl (C=O) groups excluding carboxylic acids is 3. The van der Waals surface area contributed by atoms with Crippen LogP contribution in [0.2, 0.25) is 0 Å². The van der Waals surface area contributed by atoms with Gasteiger partial charge in [0.25, 0.3) is 5.91 Å². The van der Waals surface area contributed by atoms with Crippen molar-refractivity contribution in [2.45, 2.75) is 52.5 Å². The molecule has 0 bridgehead atoms. The fourth-order valence-electron chi connectivity index (χ4n) is 4.88. The number of amidine groups is 1. The zero-order valence-corrected chi connectivity index (χ0v) is 26.6. The number of unbranched alkanes of at least 4 members (excludes halogenated alkanes) is 3. The Labute approximate surface area is 268 Å². The number of nitrogens with two attached hydrogens (primary N) is 1. The van der Waals surface area contributed by atoms with Crippen molar-refractivity contribution < 1.29 is 23.9 Å². The monoisotopic (exact) mass is 627 g/mol. The van der Waals surface area contributed by atoms with Crippen molar-refractivity contribution in [3.8, 4) is 0 Å². The number of benzene rings is 2. The third kappa shape index (κ3) is 8.90. The van der Waals surface area contributed by atoms with Crippen molar-refractivity contribution in [2.24, 2.45) is 17.8 Å². The van der Waals surface area contributed by atoms with Crippen LogP contribution in [0.4, 0.5) is 16.3 Å². The Hall–Kier alpha value is -5.26. The number of aromatic nitrogens is 3. The molecule has 0 aliphatic carbocycles. The van der Waals surface area contributed by atoms with Crippen LogP contribution < -0.4 is 16.0 Å². The number of rotatable bonds is 15. The molecule has 0 aliphatic rings. The molecule has 0 aliphatic heterocycles. The van der Waals surface area contributed by atoms with Gasteiger partial charge in [0, 0.05) is 36.6 Å². The predicted molar refractivity (Wildman–Crippen MR) is 178 cm³/mol. The molecular weight excluding hydrogens is 586 g/mol. The number of aliphatic imine (C=N–C) groups is 1. The molecule has 46 heavy (non-hydrogen) atoms. The number of hydrogen-bond donors (Lipinski definition) is 2. The molecule has 2 aromatic heterocycles. The molecule has 4 rings (SSSR count). The number of anilines is 2. The molecule has 12 heteroatoms. The number of para-hydroxylation sites is 1. The van der Waals surface area contributed by atoms with Crippen LogP contribution in [0.1, 0.15) is 67.7 Å². The maximum absolute atomic E-state index is 13.7. The zero-order chi connectivity index (χ0) is 32.9. The Morgan fingerprint density at radius 3 is 2.57 bits per heavy atom. The molecule has 0 atom stereocenters. The minimum Gasteiger partial charge on any atom is -0.466 e. The number of esters is 1. The van der Waals surface area contributed by atoms with Crippen molar-refractivity contribution >= 4 is 46.3 Å². The molecular formula is C34H41N7O5. The quantitative estimate of drug-likeness (QED) is 0.0741. The highest BCUT2D eigenvalue weighted by molar-refractivity contribution is 6.08. The highest BCUT2D eigenvalue weighted by Crippen LogP contribution is 2.22. The van der Waals surface area contributed by atoms with Gasteiger partial charge in [-0.25, -0.2) is 14.8 Å². The molecule has 2 heterocycles. The summed E-state index contributed by atoms with van der Waals surface area (Å²) in [5.74, 6) is 0.499. The summed E-state index contributed by atoms with van der Waals surface area (Å²) in [4.78, 5) is 52.4. The van der Waals surface area contributed by atoms with Crippen LogP contribution >= 0.6 is 0 Å². The van der Waals surface area contributed by atoms with E-state index in [9.17, 15) is 14.4 Å². The predicted octanol–water partition coefficient (Wildman–Crippen LogP) is 5.60. The van der Waals surface area contributed by atoms with E-state index in [1.165, 1.54) is 4.90 Å². The number of amides is 2. The summed E-state index contributed by atoms with van der Waals surface area (Å²) in [5, 5.41) is 3.34. The third-order valence-electron chi connectivity index (χ3n) is 7.31. The number of pyridine rings is 1. The molecule has 0 saturated carbocycles. The van der Waals surface area contributed by atoms with Crippen LogP contribution in [0.3, 0.4) is 0 Å². The fourth-order valence-corrected chi connectivity index (χ4v) is 4.88. The van der Waals surface area contributed by atoms with Crippen LogP contribution in [0.15, 0.2) is 71.9 Å². The number of ether oxygens (including phenoxy) is 2. The van der Waals surface area contributed by atoms with Crippen molar-refractivity contribution in [2.75, 3.05) is 30.0 Å². The van der Waals surface area contributed by atoms with Gasteiger partial charge in [0.1, 0.15) is 17.5 Å². The van der Waals surface area contributed by atoms with Crippen molar-refractivity contribution in [3.05, 3.63) is 83.8 Å². The zero-order valence-electron chi connectivity index (χ0n) is 26.6. The van der Waals surface area contributed by atoms with Crippen molar-refractivity contribution in [3.63, 3.8) is 0 Å². The van der Waals surface area contributed by atoms with Gasteiger partial charge in [0.05, 0.1) is 37.2 Å². The normalized spacial score (nSPS) is 11.3. The van der Waals surface area contributed by atoms with Crippen LogP contribution in [-0.4, -0.2) is 58.1 Å². The topological polar surface area (TPSA) is 154 Å². The van der Waals surface area contributed by atoms with Crippen LogP contribution in [0.5, 0.6) is 0 Å². The maximum Gasteiger partial charge on any atom is 0.435 e. The minimum atomic E-state index is -0.716. The van der Waals surface area contributed by atoms with Crippen LogP contribution in [0, 0.1) is 0 Å². The second kappa shape index (κ2) is 16.7. The number of aryl methyl sites for hydroxylation is 1. The SMILES string of the molecule is CCCCCCOC(=O)N=C(N)c1ccccc1NCc1nc2cc(C(=O)N(CCC(=O)OCC)c3ccccn3)ccc2n1C. The van der Waals surface area contributed by atoms with Gasteiger partial charge in [-0.05, 0) is 55.8 Å². The van der Waals surface area contributed by atoms with Gasteiger partial charge < -0.3 is 25.1 Å². The number of imidazole rings is 1. The standard InChI is InChI=1S/C34H41N7O5/c1-4-6-7-12-21-46-34(44)39-32(35)25-13-8-9-14-26(25)37-23-30-38-27-22-24(16-17-28(27)40(30)3)33(43)41(20-18-31(42)45-5-2)29-15-10-11-19-36-29/h8-11,13-17,19,22,37H,4-7,12,18,20-21,23H2,1-3H3,(H2,35,39,44). The molecule has 4 aromatic rings. The second-order valence-electron chi connectivity index (χ2n) is 10.6. The first-order valence-electron chi connectivity index (χ1n) is 15.5. The van der Waals surface area contributed by atoms with Crippen LogP contribution in [0.25, 0.3) is 11.0 Å². The number of fused-ring (bicyclic) bond motifs is 1. The van der Waals surface area contributed by atoms with E-state index in [1.807, 2.05) is 35.9 Å². The van der Waals surface area contributed by atoms with Gasteiger partial charge in [-0.3, -0.25) is 14.5 Å². The van der Waals surface area contributed by atoms with Gasteiger partial charge in [0.2, 0.25) is 0 Å². The molecule has 3 N–H and O–H groups in total. The first-order valence-corrected chi connectivity index (χ1v) is 15.5. The van der Waals surface area contributed by atoms with E-state index >= 15 is 0 Å². The highest BCUT2D eigenvalue weighted by Gasteiger charge is 2.21. The van der Waals surface area contributed by atoms with Gasteiger partial charge in [-0.2, -0.15) is 4.99 Å². The number of hydrogen-bond acceptors (Lipinski definition) is 8. The minimum absolute atomic E-state index is 0.0364. The molecule has 0 spiro atoms. The molecule has 242 valence electrons. The molecule has 2 amide bonds. The number of carbonyl (C=O) groups is 3. The lowest BCUT2D eigenvalue weighted by atomic mass is 10.1. The lowest BCUT2D eigenvalue weighted by Crippen LogP contribution is -2.34. The number of nitrogens with one attached hydrogen (secondary N) is 1. The first kappa shape index (κ1) is 33.6. The molecule has 0 saturated heterocycles. The lowest BCUT2D eigenvalue weighted by molar-refractivity contribution is -0.142. The summed E-state index contributed by atoms with van der Waals surface area (Å²) in [7, 11) is 1.89. The van der Waals surface area contributed by atoms with Crippen molar-refractivity contribution in [1.29, 1.82) is 0 Å². The fraction of sp³-hybridized carbons (Fsp3) is 0.353. The van der Waals surface area contributed by atoms with Crippen molar-refractivity contribution in [1.82, 2.24) is 14.5 Å². The third-order valence-corrected chi connectivity index (χ3v) is 7.31. The van der Waals surface area contributed by atoms with Gasteiger partial charge in [-0.15, -0.1) is 0 Å². The Balaban J connectivity index is 1.48. The first-order chi connectivity index (χ1) is 22.3. The van der Waals surface area contributed by atoms with E-state index in [0.29, 0.717) is 47.1 Å². The Morgan fingerprint density at radius 2 is 1.80 bits per heavy atom. The summed E-state index contributed by atoms with van der Waals surface area (Å²) >= 11 is 0. The Bertz CT molecular complexity index is 1670. The maximum atomic E-state index is 13.7. The van der Waals surface area contributed by atoms with E-state index in [4.69, 9.17) is 20.2 Å². The molecule has 0 unspecified atom stereocenters. The second-order valence-corrected chi connectivity index (χ2v) is 10.6. The Kier molecular flexibility index (Phi) is 12.2. The highest BCUT2D eigenvalue weighted by atomic mass is 16.5. The van der Waals surface area contributed by atoms with E-state index in [2.05, 4.69) is 22.2 Å². The van der Waals surface area contributed by atoms with Gasteiger partial charge in [0.15, 0.2) is 0 Å². The smallest absolute Gasteiger partial charge is 0.435 e. The summed E-state index contributed by atoms with van der Waals surface area (Å²) in [6.07, 6.45) is 4.90. The summed E-state index contributed by atoms with van der Waals surface area (Å²) < 4.78 is 12.2. The van der Waals surface area contributed by atoms with E-state index in [1.54, 1.807) is 49.5 Å². The average molecular weight is 628 g/mol. The molecule has 0 fully saturated rings. The average Bonchev–Trinajstić information content (AvgIpc) is 3.38. The summed E-state index contributed by atoms with van der Waals surface area (Å²) in [5.41, 5.74) is 9.31. The lowest BCUT2D eigenvalue weighted by Gasteiger charge is -2.21. The van der Waals surface area contributed by atoms with Gasteiger partial charge >= 0.3 is 12.1 Å². The van der Waals surface area contributed by atoms with Crippen LogP contribution in [-0.2, 0) is 27.9 Å². The molecule has 0 radical (unpaired) electrons.